The largest absolute Gasteiger partial charge is 0.497 e. The SMILES string of the molecule is CNC(=O)[C@@H](C)N(Cc1cccc(OC)c1)C(=O)Cc1ccc(F)cc1. The van der Waals surface area contributed by atoms with Crippen molar-refractivity contribution in [3.63, 3.8) is 0 Å². The van der Waals surface area contributed by atoms with Crippen LogP contribution in [0.15, 0.2) is 48.5 Å². The number of hydrogen-bond donors (Lipinski definition) is 1. The van der Waals surface area contributed by atoms with E-state index in [2.05, 4.69) is 5.32 Å². The maximum atomic E-state index is 13.1. The van der Waals surface area contributed by atoms with Crippen molar-refractivity contribution in [2.45, 2.75) is 25.9 Å². The van der Waals surface area contributed by atoms with Crippen molar-refractivity contribution in [3.8, 4) is 5.75 Å². The molecule has 0 aliphatic heterocycles. The Morgan fingerprint density at radius 1 is 1.15 bits per heavy atom. The molecule has 1 N–H and O–H groups in total. The summed E-state index contributed by atoms with van der Waals surface area (Å²) in [7, 11) is 3.11. The number of methoxy groups -OCH3 is 1. The number of nitrogens with one attached hydrogen (secondary N) is 1. The Balaban J connectivity index is 2.22. The van der Waals surface area contributed by atoms with Crippen molar-refractivity contribution in [1.29, 1.82) is 0 Å². The van der Waals surface area contributed by atoms with Gasteiger partial charge in [0.1, 0.15) is 17.6 Å². The number of halogens is 1. The third kappa shape index (κ3) is 5.05. The lowest BCUT2D eigenvalue weighted by Gasteiger charge is -2.28. The van der Waals surface area contributed by atoms with E-state index in [4.69, 9.17) is 4.74 Å². The van der Waals surface area contributed by atoms with Crippen LogP contribution in [0.25, 0.3) is 0 Å². The van der Waals surface area contributed by atoms with Crippen LogP contribution in [-0.4, -0.2) is 36.9 Å². The Morgan fingerprint density at radius 3 is 2.46 bits per heavy atom. The predicted molar refractivity (Wildman–Crippen MR) is 97.2 cm³/mol. The standard InChI is InChI=1S/C20H23FN2O3/c1-14(20(25)22-2)23(13-16-5-4-6-18(11-16)26-3)19(24)12-15-7-9-17(21)10-8-15/h4-11,14H,12-13H2,1-3H3,(H,22,25)/t14-/m1/s1. The van der Waals surface area contributed by atoms with Gasteiger partial charge in [-0.05, 0) is 42.3 Å². The van der Waals surface area contributed by atoms with E-state index >= 15 is 0 Å². The number of carbonyl (C=O) groups is 2. The van der Waals surface area contributed by atoms with Gasteiger partial charge < -0.3 is 15.0 Å². The van der Waals surface area contributed by atoms with Crippen LogP contribution in [-0.2, 0) is 22.6 Å². The molecule has 0 aliphatic carbocycles. The van der Waals surface area contributed by atoms with Gasteiger partial charge in [-0.15, -0.1) is 0 Å². The Kier molecular flexibility index (Phi) is 6.72. The smallest absolute Gasteiger partial charge is 0.242 e. The second-order valence-electron chi connectivity index (χ2n) is 5.97. The van der Waals surface area contributed by atoms with Crippen LogP contribution in [0.5, 0.6) is 5.75 Å². The highest BCUT2D eigenvalue weighted by molar-refractivity contribution is 5.88. The van der Waals surface area contributed by atoms with E-state index in [1.807, 2.05) is 24.3 Å². The second kappa shape index (κ2) is 8.99. The first-order chi connectivity index (χ1) is 12.4. The Bertz CT molecular complexity index is 762. The van der Waals surface area contributed by atoms with Crippen molar-refractivity contribution in [3.05, 3.63) is 65.5 Å². The van der Waals surface area contributed by atoms with Crippen molar-refractivity contribution in [2.24, 2.45) is 0 Å². The molecular formula is C20H23FN2O3. The molecule has 2 rings (SSSR count). The van der Waals surface area contributed by atoms with Gasteiger partial charge in [-0.25, -0.2) is 4.39 Å². The topological polar surface area (TPSA) is 58.6 Å². The molecule has 0 spiro atoms. The highest BCUT2D eigenvalue weighted by Crippen LogP contribution is 2.17. The summed E-state index contributed by atoms with van der Waals surface area (Å²) in [5.74, 6) is -0.134. The van der Waals surface area contributed by atoms with Gasteiger partial charge in [0.2, 0.25) is 11.8 Å². The molecule has 0 unspecified atom stereocenters. The minimum atomic E-state index is -0.640. The van der Waals surface area contributed by atoms with Gasteiger partial charge in [0, 0.05) is 13.6 Å². The highest BCUT2D eigenvalue weighted by Gasteiger charge is 2.25. The number of carbonyl (C=O) groups excluding carboxylic acids is 2. The molecule has 0 saturated heterocycles. The quantitative estimate of drug-likeness (QED) is 0.827. The van der Waals surface area contributed by atoms with E-state index in [0.29, 0.717) is 11.3 Å². The van der Waals surface area contributed by atoms with Crippen LogP contribution >= 0.6 is 0 Å². The first kappa shape index (κ1) is 19.4. The molecule has 2 amide bonds. The lowest BCUT2D eigenvalue weighted by Crippen LogP contribution is -2.47. The molecule has 138 valence electrons. The molecule has 1 atom stereocenters. The summed E-state index contributed by atoms with van der Waals surface area (Å²) in [5.41, 5.74) is 1.55. The van der Waals surface area contributed by atoms with E-state index in [1.54, 1.807) is 26.2 Å². The number of nitrogens with zero attached hydrogens (tertiary/aromatic N) is 1. The number of benzene rings is 2. The predicted octanol–water partition coefficient (Wildman–Crippen LogP) is 2.54. The third-order valence-electron chi connectivity index (χ3n) is 4.17. The van der Waals surface area contributed by atoms with Crippen molar-refractivity contribution in [1.82, 2.24) is 10.2 Å². The van der Waals surface area contributed by atoms with Gasteiger partial charge in [-0.1, -0.05) is 24.3 Å². The first-order valence-electron chi connectivity index (χ1n) is 8.33. The molecule has 26 heavy (non-hydrogen) atoms. The number of amides is 2. The Morgan fingerprint density at radius 2 is 1.85 bits per heavy atom. The van der Waals surface area contributed by atoms with Crippen LogP contribution in [0.1, 0.15) is 18.1 Å². The number of likely N-dealkylation sites (N-methyl/N-ethyl adjacent to an activating group) is 1. The average molecular weight is 358 g/mol. The van der Waals surface area contributed by atoms with Crippen LogP contribution in [0.2, 0.25) is 0 Å². The van der Waals surface area contributed by atoms with E-state index in [-0.39, 0.29) is 30.6 Å². The molecule has 5 nitrogen and oxygen atoms in total. The number of hydrogen-bond acceptors (Lipinski definition) is 3. The molecule has 0 aromatic heterocycles. The van der Waals surface area contributed by atoms with Crippen LogP contribution in [0.3, 0.4) is 0 Å². The fourth-order valence-electron chi connectivity index (χ4n) is 2.64. The van der Waals surface area contributed by atoms with Gasteiger partial charge in [0.05, 0.1) is 13.5 Å². The zero-order valence-corrected chi connectivity index (χ0v) is 15.2. The van der Waals surface area contributed by atoms with Gasteiger partial charge >= 0.3 is 0 Å². The van der Waals surface area contributed by atoms with Gasteiger partial charge in [0.15, 0.2) is 0 Å². The zero-order valence-electron chi connectivity index (χ0n) is 15.2. The summed E-state index contributed by atoms with van der Waals surface area (Å²) in [6.07, 6.45) is 0.0889. The average Bonchev–Trinajstić information content (AvgIpc) is 2.66. The Labute approximate surface area is 152 Å². The molecule has 0 bridgehead atoms. The zero-order chi connectivity index (χ0) is 19.1. The maximum absolute atomic E-state index is 13.1. The van der Waals surface area contributed by atoms with E-state index < -0.39 is 6.04 Å². The molecule has 0 saturated carbocycles. The van der Waals surface area contributed by atoms with E-state index in [9.17, 15) is 14.0 Å². The fraction of sp³-hybridized carbons (Fsp3) is 0.300. The number of ether oxygens (including phenoxy) is 1. The summed E-state index contributed by atoms with van der Waals surface area (Å²) in [6, 6.07) is 12.5. The molecule has 6 heteroatoms. The van der Waals surface area contributed by atoms with E-state index in [0.717, 1.165) is 5.56 Å². The molecular weight excluding hydrogens is 335 g/mol. The lowest BCUT2D eigenvalue weighted by molar-refractivity contribution is -0.139. The fourth-order valence-corrected chi connectivity index (χ4v) is 2.64. The van der Waals surface area contributed by atoms with E-state index in [1.165, 1.54) is 24.1 Å². The minimum absolute atomic E-state index is 0.0889. The highest BCUT2D eigenvalue weighted by atomic mass is 19.1. The molecule has 0 heterocycles. The van der Waals surface area contributed by atoms with Crippen LogP contribution in [0, 0.1) is 5.82 Å². The maximum Gasteiger partial charge on any atom is 0.242 e. The van der Waals surface area contributed by atoms with Crippen molar-refractivity contribution >= 4 is 11.8 Å². The summed E-state index contributed by atoms with van der Waals surface area (Å²) < 4.78 is 18.3. The van der Waals surface area contributed by atoms with Gasteiger partial charge in [-0.3, -0.25) is 9.59 Å². The van der Waals surface area contributed by atoms with Crippen molar-refractivity contribution < 1.29 is 18.7 Å². The summed E-state index contributed by atoms with van der Waals surface area (Å²) >= 11 is 0. The minimum Gasteiger partial charge on any atom is -0.497 e. The third-order valence-corrected chi connectivity index (χ3v) is 4.17. The molecule has 0 radical (unpaired) electrons. The first-order valence-corrected chi connectivity index (χ1v) is 8.33. The van der Waals surface area contributed by atoms with Gasteiger partial charge in [0.25, 0.3) is 0 Å². The molecule has 0 fully saturated rings. The molecule has 0 aliphatic rings. The second-order valence-corrected chi connectivity index (χ2v) is 5.97. The van der Waals surface area contributed by atoms with Crippen LogP contribution < -0.4 is 10.1 Å². The number of rotatable bonds is 7. The van der Waals surface area contributed by atoms with Gasteiger partial charge in [-0.2, -0.15) is 0 Å². The molecule has 2 aromatic carbocycles. The summed E-state index contributed by atoms with van der Waals surface area (Å²) in [6.45, 7) is 1.95. The lowest BCUT2D eigenvalue weighted by atomic mass is 10.1. The van der Waals surface area contributed by atoms with Crippen molar-refractivity contribution in [2.75, 3.05) is 14.2 Å². The Hall–Kier alpha value is -2.89. The summed E-state index contributed by atoms with van der Waals surface area (Å²) in [5, 5.41) is 2.57. The monoisotopic (exact) mass is 358 g/mol. The van der Waals surface area contributed by atoms with Crippen LogP contribution in [0.4, 0.5) is 4.39 Å². The summed E-state index contributed by atoms with van der Waals surface area (Å²) in [4.78, 5) is 26.4. The normalized spacial score (nSPS) is 11.5. The molecule has 2 aromatic rings.